The van der Waals surface area contributed by atoms with Crippen LogP contribution in [0.3, 0.4) is 0 Å². The van der Waals surface area contributed by atoms with Crippen molar-refractivity contribution in [2.24, 2.45) is 0 Å². The Hall–Kier alpha value is -1.44. The normalized spacial score (nSPS) is 17.5. The summed E-state index contributed by atoms with van der Waals surface area (Å²) in [5.74, 6) is -0.842. The van der Waals surface area contributed by atoms with E-state index in [1.807, 2.05) is 0 Å². The van der Waals surface area contributed by atoms with Gasteiger partial charge >= 0.3 is 5.97 Å². The molecular weight excluding hydrogens is 292 g/mol. The van der Waals surface area contributed by atoms with Crippen molar-refractivity contribution in [1.29, 1.82) is 0 Å². The van der Waals surface area contributed by atoms with Gasteiger partial charge in [0.2, 0.25) is 10.0 Å². The van der Waals surface area contributed by atoms with Crippen molar-refractivity contribution in [1.82, 2.24) is 9.62 Å². The van der Waals surface area contributed by atoms with Gasteiger partial charge in [-0.1, -0.05) is 12.1 Å². The first-order valence-corrected chi connectivity index (χ1v) is 8.22. The molecule has 2 N–H and O–H groups in total. The van der Waals surface area contributed by atoms with E-state index in [0.717, 1.165) is 16.3 Å². The first-order chi connectivity index (χ1) is 9.78. The highest BCUT2D eigenvalue weighted by Gasteiger charge is 2.43. The number of sulfonamides is 1. The van der Waals surface area contributed by atoms with E-state index in [9.17, 15) is 18.3 Å². The van der Waals surface area contributed by atoms with Gasteiger partial charge in [0.15, 0.2) is 0 Å². The minimum Gasteiger partial charge on any atom is -0.480 e. The van der Waals surface area contributed by atoms with Gasteiger partial charge in [-0.3, -0.25) is 10.1 Å². The molecule has 0 amide bonds. The summed E-state index contributed by atoms with van der Waals surface area (Å²) in [6.07, 6.45) is 2.12. The molecule has 0 heterocycles. The summed E-state index contributed by atoms with van der Waals surface area (Å²) in [5.41, 5.74) is -0.0957. The second-order valence-electron chi connectivity index (χ2n) is 5.53. The van der Waals surface area contributed by atoms with Crippen LogP contribution in [0.15, 0.2) is 29.2 Å². The Bertz CT molecular complexity index is 636. The van der Waals surface area contributed by atoms with Crippen LogP contribution >= 0.6 is 0 Å². The van der Waals surface area contributed by atoms with Crippen LogP contribution in [0.2, 0.25) is 0 Å². The Morgan fingerprint density at radius 3 is 2.52 bits per heavy atom. The topological polar surface area (TPSA) is 86.7 Å². The van der Waals surface area contributed by atoms with Crippen LogP contribution in [-0.2, 0) is 21.4 Å². The van der Waals surface area contributed by atoms with Gasteiger partial charge < -0.3 is 5.11 Å². The molecule has 1 fully saturated rings. The number of rotatable bonds is 6. The van der Waals surface area contributed by atoms with Gasteiger partial charge in [0.1, 0.15) is 5.54 Å². The highest BCUT2D eigenvalue weighted by atomic mass is 32.2. The van der Waals surface area contributed by atoms with Gasteiger partial charge in [0.25, 0.3) is 0 Å². The summed E-state index contributed by atoms with van der Waals surface area (Å²) < 4.78 is 25.3. The quantitative estimate of drug-likeness (QED) is 0.819. The molecule has 1 saturated carbocycles. The summed E-state index contributed by atoms with van der Waals surface area (Å²) in [6, 6.07) is 6.57. The van der Waals surface area contributed by atoms with Crippen molar-refractivity contribution >= 4 is 16.0 Å². The predicted octanol–water partition coefficient (Wildman–Crippen LogP) is 1.03. The molecule has 0 atom stereocenters. The Morgan fingerprint density at radius 2 is 2.05 bits per heavy atom. The molecule has 6 nitrogen and oxygen atoms in total. The number of nitrogens with one attached hydrogen (secondary N) is 1. The molecule has 2 rings (SSSR count). The minimum atomic E-state index is -3.47. The van der Waals surface area contributed by atoms with Gasteiger partial charge in [-0.25, -0.2) is 12.7 Å². The Kier molecular flexibility index (Phi) is 4.36. The van der Waals surface area contributed by atoms with E-state index in [4.69, 9.17) is 0 Å². The molecule has 1 aromatic carbocycles. The summed E-state index contributed by atoms with van der Waals surface area (Å²) in [7, 11) is -0.511. The van der Waals surface area contributed by atoms with Crippen LogP contribution in [-0.4, -0.2) is 43.4 Å². The van der Waals surface area contributed by atoms with E-state index in [1.54, 1.807) is 18.2 Å². The lowest BCUT2D eigenvalue weighted by molar-refractivity contribution is -0.148. The van der Waals surface area contributed by atoms with Crippen molar-refractivity contribution in [3.8, 4) is 0 Å². The van der Waals surface area contributed by atoms with Crippen LogP contribution in [0.4, 0.5) is 0 Å². The van der Waals surface area contributed by atoms with Crippen molar-refractivity contribution in [2.75, 3.05) is 14.1 Å². The number of nitrogens with zero attached hydrogens (tertiary/aromatic N) is 1. The molecule has 1 aromatic rings. The monoisotopic (exact) mass is 312 g/mol. The number of carboxylic acid groups (broad SMARTS) is 1. The molecule has 21 heavy (non-hydrogen) atoms. The standard InChI is InChI=1S/C14H20N2O4S/c1-16(2)21(19,20)12-6-3-5-11(9-12)10-15-14(13(17)18)7-4-8-14/h3,5-6,9,15H,4,7-8,10H2,1-2H3,(H,17,18). The molecule has 0 saturated heterocycles. The summed E-state index contributed by atoms with van der Waals surface area (Å²) >= 11 is 0. The predicted molar refractivity (Wildman–Crippen MR) is 78.4 cm³/mol. The number of benzene rings is 1. The fourth-order valence-corrected chi connectivity index (χ4v) is 3.27. The summed E-state index contributed by atoms with van der Waals surface area (Å²) in [4.78, 5) is 11.5. The highest BCUT2D eigenvalue weighted by molar-refractivity contribution is 7.89. The van der Waals surface area contributed by atoms with Crippen LogP contribution in [0, 0.1) is 0 Å². The molecule has 1 aliphatic carbocycles. The third kappa shape index (κ3) is 3.09. The fourth-order valence-electron chi connectivity index (χ4n) is 2.29. The van der Waals surface area contributed by atoms with Crippen LogP contribution in [0.5, 0.6) is 0 Å². The zero-order valence-electron chi connectivity index (χ0n) is 12.2. The van der Waals surface area contributed by atoms with Crippen LogP contribution < -0.4 is 5.32 Å². The Balaban J connectivity index is 2.14. The van der Waals surface area contributed by atoms with Gasteiger partial charge in [-0.2, -0.15) is 0 Å². The molecule has 0 aromatic heterocycles. The maximum Gasteiger partial charge on any atom is 0.323 e. The lowest BCUT2D eigenvalue weighted by Crippen LogP contribution is -2.56. The molecule has 0 spiro atoms. The van der Waals surface area contributed by atoms with E-state index >= 15 is 0 Å². The third-order valence-corrected chi connectivity index (χ3v) is 5.74. The number of hydrogen-bond acceptors (Lipinski definition) is 4. The third-order valence-electron chi connectivity index (χ3n) is 3.92. The lowest BCUT2D eigenvalue weighted by Gasteiger charge is -2.38. The smallest absolute Gasteiger partial charge is 0.323 e. The lowest BCUT2D eigenvalue weighted by atomic mass is 9.76. The van der Waals surface area contributed by atoms with Gasteiger partial charge in [-0.05, 0) is 37.0 Å². The van der Waals surface area contributed by atoms with Gasteiger partial charge in [0, 0.05) is 20.6 Å². The van der Waals surface area contributed by atoms with Crippen LogP contribution in [0.25, 0.3) is 0 Å². The van der Waals surface area contributed by atoms with Crippen molar-refractivity contribution in [3.63, 3.8) is 0 Å². The first kappa shape index (κ1) is 15.9. The molecule has 0 bridgehead atoms. The molecule has 116 valence electrons. The van der Waals surface area contributed by atoms with Crippen molar-refractivity contribution < 1.29 is 18.3 Å². The first-order valence-electron chi connectivity index (χ1n) is 6.78. The average Bonchev–Trinajstić information content (AvgIpc) is 2.37. The molecule has 1 aliphatic rings. The SMILES string of the molecule is CN(C)S(=O)(=O)c1cccc(CNC2(C(=O)O)CCC2)c1. The van der Waals surface area contributed by atoms with Crippen LogP contribution in [0.1, 0.15) is 24.8 Å². The molecule has 7 heteroatoms. The Labute approximate surface area is 124 Å². The summed E-state index contributed by atoms with van der Waals surface area (Å²) in [5, 5.41) is 12.3. The average molecular weight is 312 g/mol. The minimum absolute atomic E-state index is 0.213. The Morgan fingerprint density at radius 1 is 1.38 bits per heavy atom. The number of aliphatic carboxylic acids is 1. The summed E-state index contributed by atoms with van der Waals surface area (Å²) in [6.45, 7) is 0.336. The van der Waals surface area contributed by atoms with Gasteiger partial charge in [-0.15, -0.1) is 0 Å². The van der Waals surface area contributed by atoms with Gasteiger partial charge in [0.05, 0.1) is 4.90 Å². The largest absolute Gasteiger partial charge is 0.480 e. The maximum absolute atomic E-state index is 12.1. The molecule has 0 radical (unpaired) electrons. The second-order valence-corrected chi connectivity index (χ2v) is 7.68. The highest BCUT2D eigenvalue weighted by Crippen LogP contribution is 2.32. The van der Waals surface area contributed by atoms with E-state index in [1.165, 1.54) is 20.2 Å². The number of carboxylic acids is 1. The molecule has 0 aliphatic heterocycles. The van der Waals surface area contributed by atoms with E-state index in [0.29, 0.717) is 19.4 Å². The zero-order chi connectivity index (χ0) is 15.7. The fraction of sp³-hybridized carbons (Fsp3) is 0.500. The van der Waals surface area contributed by atoms with E-state index in [-0.39, 0.29) is 4.90 Å². The maximum atomic E-state index is 12.1. The van der Waals surface area contributed by atoms with E-state index < -0.39 is 21.5 Å². The molecule has 0 unspecified atom stereocenters. The second kappa shape index (κ2) is 5.75. The number of carbonyl (C=O) groups is 1. The van der Waals surface area contributed by atoms with Crippen molar-refractivity contribution in [2.45, 2.75) is 36.2 Å². The van der Waals surface area contributed by atoms with E-state index in [2.05, 4.69) is 5.32 Å². The van der Waals surface area contributed by atoms with Crippen molar-refractivity contribution in [3.05, 3.63) is 29.8 Å². The zero-order valence-corrected chi connectivity index (χ0v) is 13.0. The molecular formula is C14H20N2O4S. The number of hydrogen-bond donors (Lipinski definition) is 2.